The number of hydrogen-bond donors (Lipinski definition) is 1. The minimum atomic E-state index is -3.12. The summed E-state index contributed by atoms with van der Waals surface area (Å²) in [6, 6.07) is 0. The summed E-state index contributed by atoms with van der Waals surface area (Å²) in [5.41, 5.74) is -0.386. The van der Waals surface area contributed by atoms with E-state index in [2.05, 4.69) is 11.6 Å². The van der Waals surface area contributed by atoms with Crippen LogP contribution in [0.5, 0.6) is 0 Å². The van der Waals surface area contributed by atoms with Crippen LogP contribution in [0, 0.1) is 0 Å². The highest BCUT2D eigenvalue weighted by Gasteiger charge is 2.21. The lowest BCUT2D eigenvalue weighted by Gasteiger charge is -2.24. The van der Waals surface area contributed by atoms with Crippen molar-refractivity contribution in [3.63, 3.8) is 0 Å². The molecule has 0 unspecified atom stereocenters. The predicted octanol–water partition coefficient (Wildman–Crippen LogP) is 1.52. The number of ether oxygens (including phenoxy) is 1. The second-order valence-electron chi connectivity index (χ2n) is 4.47. The average molecular weight is 237 g/mol. The lowest BCUT2D eigenvalue weighted by Crippen LogP contribution is -2.42. The van der Waals surface area contributed by atoms with E-state index in [1.54, 1.807) is 0 Å². The molecule has 0 aliphatic heterocycles. The maximum Gasteiger partial charge on any atom is 0.209 e. The molecular weight excluding hydrogens is 214 g/mol. The summed E-state index contributed by atoms with van der Waals surface area (Å²) in [5, 5.41) is 0. The van der Waals surface area contributed by atoms with E-state index in [1.165, 1.54) is 6.26 Å². The van der Waals surface area contributed by atoms with Crippen molar-refractivity contribution in [1.29, 1.82) is 0 Å². The Kier molecular flexibility index (Phi) is 6.40. The molecule has 0 saturated heterocycles. The first-order chi connectivity index (χ1) is 6.77. The summed E-state index contributed by atoms with van der Waals surface area (Å²) in [6.07, 6.45) is 3.85. The van der Waals surface area contributed by atoms with Gasteiger partial charge in [-0.15, -0.1) is 0 Å². The van der Waals surface area contributed by atoms with Crippen LogP contribution in [0.15, 0.2) is 0 Å². The summed E-state index contributed by atoms with van der Waals surface area (Å²) >= 11 is 0. The van der Waals surface area contributed by atoms with Crippen molar-refractivity contribution in [2.75, 3.05) is 19.5 Å². The first kappa shape index (κ1) is 14.9. The van der Waals surface area contributed by atoms with Crippen LogP contribution in [0.3, 0.4) is 0 Å². The van der Waals surface area contributed by atoms with Crippen LogP contribution in [0.2, 0.25) is 0 Å². The SMILES string of the molecule is CCCOCCCC(C)(C)NS(C)(=O)=O. The van der Waals surface area contributed by atoms with E-state index in [0.717, 1.165) is 25.9 Å². The summed E-state index contributed by atoms with van der Waals surface area (Å²) in [6.45, 7) is 7.31. The van der Waals surface area contributed by atoms with E-state index >= 15 is 0 Å². The molecule has 0 radical (unpaired) electrons. The molecule has 0 amide bonds. The van der Waals surface area contributed by atoms with Gasteiger partial charge in [0, 0.05) is 18.8 Å². The van der Waals surface area contributed by atoms with Crippen LogP contribution >= 0.6 is 0 Å². The van der Waals surface area contributed by atoms with Crippen molar-refractivity contribution in [1.82, 2.24) is 4.72 Å². The monoisotopic (exact) mass is 237 g/mol. The van der Waals surface area contributed by atoms with Gasteiger partial charge < -0.3 is 4.74 Å². The van der Waals surface area contributed by atoms with E-state index in [1.807, 2.05) is 13.8 Å². The molecule has 0 spiro atoms. The third kappa shape index (κ3) is 10.2. The molecule has 4 nitrogen and oxygen atoms in total. The van der Waals surface area contributed by atoms with Gasteiger partial charge >= 0.3 is 0 Å². The van der Waals surface area contributed by atoms with E-state index in [9.17, 15) is 8.42 Å². The van der Waals surface area contributed by atoms with Crippen molar-refractivity contribution >= 4 is 10.0 Å². The highest BCUT2D eigenvalue weighted by atomic mass is 32.2. The van der Waals surface area contributed by atoms with Gasteiger partial charge in [-0.25, -0.2) is 13.1 Å². The van der Waals surface area contributed by atoms with Gasteiger partial charge in [0.05, 0.1) is 6.26 Å². The lowest BCUT2D eigenvalue weighted by atomic mass is 10.0. The molecule has 0 heterocycles. The average Bonchev–Trinajstić information content (AvgIpc) is 1.99. The predicted molar refractivity (Wildman–Crippen MR) is 62.4 cm³/mol. The Balaban J connectivity index is 3.75. The number of hydrogen-bond acceptors (Lipinski definition) is 3. The summed E-state index contributed by atoms with van der Waals surface area (Å²) in [5.74, 6) is 0. The second kappa shape index (κ2) is 6.45. The molecule has 1 N–H and O–H groups in total. The Morgan fingerprint density at radius 2 is 1.87 bits per heavy atom. The van der Waals surface area contributed by atoms with Crippen molar-refractivity contribution in [2.45, 2.75) is 45.6 Å². The molecular formula is C10H23NO3S. The fraction of sp³-hybridized carbons (Fsp3) is 1.00. The molecule has 5 heteroatoms. The number of rotatable bonds is 8. The lowest BCUT2D eigenvalue weighted by molar-refractivity contribution is 0.126. The van der Waals surface area contributed by atoms with Crippen LogP contribution in [0.4, 0.5) is 0 Å². The van der Waals surface area contributed by atoms with Crippen LogP contribution in [0.25, 0.3) is 0 Å². The van der Waals surface area contributed by atoms with Crippen molar-refractivity contribution in [3.8, 4) is 0 Å². The maximum absolute atomic E-state index is 11.0. The topological polar surface area (TPSA) is 55.4 Å². The summed E-state index contributed by atoms with van der Waals surface area (Å²) in [4.78, 5) is 0. The molecule has 0 fully saturated rings. The fourth-order valence-electron chi connectivity index (χ4n) is 1.42. The van der Waals surface area contributed by atoms with Gasteiger partial charge in [-0.1, -0.05) is 6.92 Å². The van der Waals surface area contributed by atoms with Gasteiger partial charge in [0.1, 0.15) is 0 Å². The first-order valence-corrected chi connectivity index (χ1v) is 7.23. The largest absolute Gasteiger partial charge is 0.381 e. The van der Waals surface area contributed by atoms with E-state index in [4.69, 9.17) is 4.74 Å². The Hall–Kier alpha value is -0.130. The van der Waals surface area contributed by atoms with E-state index in [-0.39, 0.29) is 5.54 Å². The Morgan fingerprint density at radius 3 is 2.33 bits per heavy atom. The molecule has 0 aliphatic carbocycles. The maximum atomic E-state index is 11.0. The van der Waals surface area contributed by atoms with Crippen molar-refractivity contribution in [3.05, 3.63) is 0 Å². The highest BCUT2D eigenvalue weighted by Crippen LogP contribution is 2.12. The van der Waals surface area contributed by atoms with Crippen LogP contribution in [-0.2, 0) is 14.8 Å². The normalized spacial score (nSPS) is 13.1. The number of nitrogens with one attached hydrogen (secondary N) is 1. The molecule has 0 saturated carbocycles. The van der Waals surface area contributed by atoms with Crippen LogP contribution in [0.1, 0.15) is 40.0 Å². The third-order valence-electron chi connectivity index (χ3n) is 1.90. The van der Waals surface area contributed by atoms with Crippen LogP contribution < -0.4 is 4.72 Å². The zero-order valence-electron chi connectivity index (χ0n) is 10.2. The van der Waals surface area contributed by atoms with Crippen molar-refractivity contribution in [2.24, 2.45) is 0 Å². The molecule has 0 aromatic rings. The zero-order chi connectivity index (χ0) is 11.9. The number of sulfonamides is 1. The fourth-order valence-corrected chi connectivity index (χ4v) is 2.52. The Morgan fingerprint density at radius 1 is 1.27 bits per heavy atom. The molecule has 15 heavy (non-hydrogen) atoms. The first-order valence-electron chi connectivity index (χ1n) is 5.33. The Labute approximate surface area is 93.4 Å². The van der Waals surface area contributed by atoms with Gasteiger partial charge in [-0.2, -0.15) is 0 Å². The van der Waals surface area contributed by atoms with Gasteiger partial charge in [-0.05, 0) is 33.1 Å². The van der Waals surface area contributed by atoms with Gasteiger partial charge in [0.15, 0.2) is 0 Å². The van der Waals surface area contributed by atoms with Crippen LogP contribution in [-0.4, -0.2) is 33.4 Å². The molecule has 0 rings (SSSR count). The Bertz CT molecular complexity index is 260. The van der Waals surface area contributed by atoms with Gasteiger partial charge in [0.2, 0.25) is 10.0 Å². The molecule has 0 aliphatic rings. The highest BCUT2D eigenvalue weighted by molar-refractivity contribution is 7.88. The van der Waals surface area contributed by atoms with Gasteiger partial charge in [-0.3, -0.25) is 0 Å². The van der Waals surface area contributed by atoms with E-state index < -0.39 is 10.0 Å². The smallest absolute Gasteiger partial charge is 0.209 e. The summed E-state index contributed by atoms with van der Waals surface area (Å²) in [7, 11) is -3.12. The van der Waals surface area contributed by atoms with Crippen molar-refractivity contribution < 1.29 is 13.2 Å². The standard InChI is InChI=1S/C10H23NO3S/c1-5-8-14-9-6-7-10(2,3)11-15(4,12)13/h11H,5-9H2,1-4H3. The molecule has 0 aromatic carbocycles. The molecule has 0 aromatic heterocycles. The zero-order valence-corrected chi connectivity index (χ0v) is 11.0. The summed E-state index contributed by atoms with van der Waals surface area (Å²) < 4.78 is 30.0. The molecule has 0 atom stereocenters. The second-order valence-corrected chi connectivity index (χ2v) is 6.22. The molecule has 92 valence electrons. The van der Waals surface area contributed by atoms with E-state index in [0.29, 0.717) is 6.61 Å². The molecule has 0 bridgehead atoms. The third-order valence-corrected chi connectivity index (χ3v) is 2.82. The minimum absolute atomic E-state index is 0.386. The quantitative estimate of drug-likeness (QED) is 0.651. The minimum Gasteiger partial charge on any atom is -0.381 e. The van der Waals surface area contributed by atoms with Gasteiger partial charge in [0.25, 0.3) is 0 Å².